The molecule has 0 saturated heterocycles. The molecule has 0 heterocycles. The van der Waals surface area contributed by atoms with Crippen LogP contribution >= 0.6 is 0 Å². The fraction of sp³-hybridized carbons (Fsp3) is 0.526. The largest absolute Gasteiger partial charge is 0.373 e. The Kier molecular flexibility index (Phi) is 8.88. The highest BCUT2D eigenvalue weighted by Gasteiger charge is 2.27. The molecule has 0 unspecified atom stereocenters. The molecule has 0 aliphatic carbocycles. The van der Waals surface area contributed by atoms with Gasteiger partial charge in [-0.2, -0.15) is 4.89 Å². The van der Waals surface area contributed by atoms with Crippen LogP contribution in [0.15, 0.2) is 36.5 Å². The van der Waals surface area contributed by atoms with Crippen LogP contribution in [0.5, 0.6) is 0 Å². The summed E-state index contributed by atoms with van der Waals surface area (Å²) in [5, 5.41) is 1.31. The quantitative estimate of drug-likeness (QED) is 0.253. The lowest BCUT2D eigenvalue weighted by molar-refractivity contribution is -0.241. The van der Waals surface area contributed by atoms with Crippen LogP contribution in [-0.2, 0) is 9.78 Å². The van der Waals surface area contributed by atoms with Gasteiger partial charge in [-0.25, -0.2) is 4.79 Å². The average Bonchev–Trinajstić information content (AvgIpc) is 2.60. The Bertz CT molecular complexity index is 478. The fourth-order valence-corrected chi connectivity index (χ4v) is 5.69. The molecule has 0 radical (unpaired) electrons. The van der Waals surface area contributed by atoms with Crippen LogP contribution in [0.25, 0.3) is 0 Å². The number of carbonyl (C=O) groups is 1. The maximum Gasteiger partial charge on any atom is 0.373 e. The summed E-state index contributed by atoms with van der Waals surface area (Å²) in [5.41, 5.74) is 2.67. The van der Waals surface area contributed by atoms with Crippen LogP contribution in [0.1, 0.15) is 56.8 Å². The molecule has 0 fully saturated rings. The van der Waals surface area contributed by atoms with Gasteiger partial charge in [0.05, 0.1) is 12.2 Å². The molecule has 1 aromatic carbocycles. The van der Waals surface area contributed by atoms with Gasteiger partial charge in [0, 0.05) is 0 Å². The number of rotatable bonds is 11. The summed E-state index contributed by atoms with van der Waals surface area (Å²) in [4.78, 5) is 21.8. The van der Waals surface area contributed by atoms with Gasteiger partial charge in [-0.3, -0.25) is 4.89 Å². The second-order valence-corrected chi connectivity index (χ2v) is 10.6. The van der Waals surface area contributed by atoms with Crippen LogP contribution in [-0.4, -0.2) is 20.7 Å². The van der Waals surface area contributed by atoms with Crippen LogP contribution < -0.4 is 5.19 Å². The lowest BCUT2D eigenvalue weighted by atomic mass is 10.2. The third kappa shape index (κ3) is 5.63. The highest BCUT2D eigenvalue weighted by molar-refractivity contribution is 6.95. The highest BCUT2D eigenvalue weighted by Crippen LogP contribution is 2.17. The van der Waals surface area contributed by atoms with Crippen molar-refractivity contribution in [2.24, 2.45) is 0 Å². The number of benzene rings is 1. The minimum Gasteiger partial charge on any atom is -0.293 e. The van der Waals surface area contributed by atoms with Gasteiger partial charge in [-0.15, -0.1) is 6.58 Å². The first-order chi connectivity index (χ1) is 11.1. The average molecular weight is 335 g/mol. The summed E-state index contributed by atoms with van der Waals surface area (Å²) in [6.45, 7) is 11.1. The minimum atomic E-state index is -1.61. The van der Waals surface area contributed by atoms with E-state index in [-0.39, 0.29) is 0 Å². The van der Waals surface area contributed by atoms with E-state index in [0.29, 0.717) is 12.2 Å². The van der Waals surface area contributed by atoms with E-state index in [0.717, 1.165) is 24.9 Å². The van der Waals surface area contributed by atoms with Crippen molar-refractivity contribution < 1.29 is 14.6 Å². The Labute approximate surface area is 141 Å². The van der Waals surface area contributed by atoms with Crippen LogP contribution in [0.4, 0.5) is 0 Å². The predicted octanol–water partition coefficient (Wildman–Crippen LogP) is 4.78. The summed E-state index contributed by atoms with van der Waals surface area (Å²) >= 11 is 0. The first-order valence-electron chi connectivity index (χ1n) is 8.71. The van der Waals surface area contributed by atoms with Crippen molar-refractivity contribution >= 4 is 19.2 Å². The first kappa shape index (κ1) is 19.7. The zero-order chi connectivity index (χ0) is 17.1. The molecule has 0 saturated carbocycles. The fourth-order valence-electron chi connectivity index (χ4n) is 2.73. The first-order valence-corrected chi connectivity index (χ1v) is 11.2. The molecule has 0 spiro atoms. The second-order valence-electron chi connectivity index (χ2n) is 5.90. The molecular weight excluding hydrogens is 304 g/mol. The van der Waals surface area contributed by atoms with E-state index in [1.807, 2.05) is 24.3 Å². The summed E-state index contributed by atoms with van der Waals surface area (Å²) in [7, 11) is -1.61. The standard InChI is InChI=1S/C19H30O3Si/c1-5-9-10-11-16-21-22-19(20)17-12-14-18(15-13-17)23(6-2,7-3)8-4/h6,12-15H,2,5,7-11,16H2,1,3-4H3. The second kappa shape index (κ2) is 10.4. The van der Waals surface area contributed by atoms with Crippen molar-refractivity contribution in [1.82, 2.24) is 0 Å². The molecule has 128 valence electrons. The van der Waals surface area contributed by atoms with Crippen molar-refractivity contribution in [1.29, 1.82) is 0 Å². The smallest absolute Gasteiger partial charge is 0.293 e. The maximum absolute atomic E-state index is 11.9. The van der Waals surface area contributed by atoms with Gasteiger partial charge in [0.1, 0.15) is 8.07 Å². The van der Waals surface area contributed by atoms with E-state index < -0.39 is 14.0 Å². The molecule has 1 rings (SSSR count). The van der Waals surface area contributed by atoms with Crippen LogP contribution in [0.3, 0.4) is 0 Å². The van der Waals surface area contributed by atoms with Gasteiger partial charge in [-0.1, -0.05) is 75.1 Å². The van der Waals surface area contributed by atoms with Gasteiger partial charge in [-0.05, 0) is 18.6 Å². The summed E-state index contributed by atoms with van der Waals surface area (Å²) < 4.78 is 0. The van der Waals surface area contributed by atoms with E-state index in [2.05, 4.69) is 33.0 Å². The molecule has 0 amide bonds. The molecular formula is C19H30O3Si. The molecule has 0 aromatic heterocycles. The SMILES string of the molecule is C=C[Si](CC)(CC)c1ccc(C(=O)OOCCCCCC)cc1. The Morgan fingerprint density at radius 2 is 1.74 bits per heavy atom. The summed E-state index contributed by atoms with van der Waals surface area (Å²) in [5.74, 6) is -0.425. The van der Waals surface area contributed by atoms with Gasteiger partial charge >= 0.3 is 5.97 Å². The molecule has 1 aromatic rings. The van der Waals surface area contributed by atoms with E-state index in [1.165, 1.54) is 18.0 Å². The topological polar surface area (TPSA) is 35.5 Å². The third-order valence-electron chi connectivity index (χ3n) is 4.56. The molecule has 0 atom stereocenters. The Morgan fingerprint density at radius 1 is 1.09 bits per heavy atom. The molecule has 0 aliphatic heterocycles. The van der Waals surface area contributed by atoms with E-state index >= 15 is 0 Å². The van der Waals surface area contributed by atoms with Crippen molar-refractivity contribution in [3.05, 3.63) is 42.1 Å². The van der Waals surface area contributed by atoms with E-state index in [4.69, 9.17) is 9.78 Å². The third-order valence-corrected chi connectivity index (χ3v) is 9.35. The molecule has 0 aliphatic rings. The van der Waals surface area contributed by atoms with E-state index in [9.17, 15) is 4.79 Å². The van der Waals surface area contributed by atoms with Gasteiger partial charge in [0.2, 0.25) is 0 Å². The van der Waals surface area contributed by atoms with Crippen LogP contribution in [0, 0.1) is 0 Å². The van der Waals surface area contributed by atoms with Gasteiger partial charge in [0.15, 0.2) is 0 Å². The van der Waals surface area contributed by atoms with Crippen molar-refractivity contribution in [2.45, 2.75) is 58.5 Å². The normalized spacial score (nSPS) is 11.3. The number of hydrogen-bond acceptors (Lipinski definition) is 3. The number of unbranched alkanes of at least 4 members (excludes halogenated alkanes) is 3. The van der Waals surface area contributed by atoms with Gasteiger partial charge in [0.25, 0.3) is 0 Å². The molecule has 3 nitrogen and oxygen atoms in total. The summed E-state index contributed by atoms with van der Waals surface area (Å²) in [6.07, 6.45) is 4.38. The predicted molar refractivity (Wildman–Crippen MR) is 98.5 cm³/mol. The lowest BCUT2D eigenvalue weighted by Gasteiger charge is -2.25. The number of hydrogen-bond donors (Lipinski definition) is 0. The molecule has 4 heteroatoms. The van der Waals surface area contributed by atoms with Crippen LogP contribution in [0.2, 0.25) is 12.1 Å². The zero-order valence-corrected chi connectivity index (χ0v) is 15.8. The maximum atomic E-state index is 11.9. The zero-order valence-electron chi connectivity index (χ0n) is 14.8. The Hall–Kier alpha value is -1.39. The monoisotopic (exact) mass is 334 g/mol. The highest BCUT2D eigenvalue weighted by atomic mass is 28.3. The number of carbonyl (C=O) groups excluding carboxylic acids is 1. The minimum absolute atomic E-state index is 0.425. The summed E-state index contributed by atoms with van der Waals surface area (Å²) in [6, 6.07) is 9.98. The van der Waals surface area contributed by atoms with E-state index in [1.54, 1.807) is 0 Å². The Morgan fingerprint density at radius 3 is 2.26 bits per heavy atom. The van der Waals surface area contributed by atoms with Crippen molar-refractivity contribution in [3.8, 4) is 0 Å². The lowest BCUT2D eigenvalue weighted by Crippen LogP contribution is -2.44. The molecule has 0 N–H and O–H groups in total. The molecule has 0 bridgehead atoms. The van der Waals surface area contributed by atoms with Gasteiger partial charge < -0.3 is 0 Å². The Balaban J connectivity index is 2.55. The molecule has 23 heavy (non-hydrogen) atoms. The van der Waals surface area contributed by atoms with Crippen molar-refractivity contribution in [3.63, 3.8) is 0 Å². The van der Waals surface area contributed by atoms with Crippen molar-refractivity contribution in [2.75, 3.05) is 6.61 Å².